The molecule has 5 nitrogen and oxygen atoms in total. The van der Waals surface area contributed by atoms with E-state index in [1.807, 2.05) is 0 Å². The molecule has 1 atom stereocenters. The molecule has 0 spiro atoms. The van der Waals surface area contributed by atoms with Crippen molar-refractivity contribution in [2.75, 3.05) is 26.7 Å². The average Bonchev–Trinajstić information content (AvgIpc) is 2.99. The smallest absolute Gasteiger partial charge is 0.325 e. The van der Waals surface area contributed by atoms with Crippen LogP contribution >= 0.6 is 0 Å². The molecule has 2 rings (SSSR count). The largest absolute Gasteiger partial charge is 0.468 e. The zero-order chi connectivity index (χ0) is 15.9. The Kier molecular flexibility index (Phi) is 5.95. The van der Waals surface area contributed by atoms with Gasteiger partial charge in [-0.3, -0.25) is 14.5 Å². The number of esters is 1. The third-order valence-electron chi connectivity index (χ3n) is 4.11. The van der Waals surface area contributed by atoms with Crippen LogP contribution in [0.1, 0.15) is 36.4 Å². The lowest BCUT2D eigenvalue weighted by Crippen LogP contribution is -2.33. The van der Waals surface area contributed by atoms with Gasteiger partial charge in [0.05, 0.1) is 7.11 Å². The van der Waals surface area contributed by atoms with Gasteiger partial charge in [0.2, 0.25) is 5.91 Å². The summed E-state index contributed by atoms with van der Waals surface area (Å²) < 4.78 is 4.50. The Bertz CT molecular complexity index is 513. The van der Waals surface area contributed by atoms with Crippen LogP contribution in [0.4, 0.5) is 0 Å². The molecule has 22 heavy (non-hydrogen) atoms. The van der Waals surface area contributed by atoms with Gasteiger partial charge in [0.25, 0.3) is 0 Å². The van der Waals surface area contributed by atoms with Crippen molar-refractivity contribution in [2.45, 2.75) is 32.2 Å². The minimum Gasteiger partial charge on any atom is -0.468 e. The van der Waals surface area contributed by atoms with Crippen LogP contribution in [0, 0.1) is 6.92 Å². The maximum Gasteiger partial charge on any atom is 0.325 e. The molecule has 1 aromatic carbocycles. The highest BCUT2D eigenvalue weighted by Gasteiger charge is 2.25. The van der Waals surface area contributed by atoms with E-state index in [4.69, 9.17) is 0 Å². The number of ether oxygens (including phenoxy) is 1. The minimum atomic E-state index is -0.424. The van der Waals surface area contributed by atoms with Gasteiger partial charge in [-0.25, -0.2) is 0 Å². The van der Waals surface area contributed by atoms with Crippen molar-refractivity contribution in [1.29, 1.82) is 0 Å². The number of nitrogens with zero attached hydrogens (tertiary/aromatic N) is 1. The maximum absolute atomic E-state index is 11.8. The molecule has 120 valence electrons. The summed E-state index contributed by atoms with van der Waals surface area (Å²) in [6.45, 7) is 3.76. The van der Waals surface area contributed by atoms with Gasteiger partial charge in [-0.15, -0.1) is 0 Å². The molecule has 1 saturated heterocycles. The Hall–Kier alpha value is -1.88. The van der Waals surface area contributed by atoms with E-state index in [0.29, 0.717) is 19.0 Å². The number of benzene rings is 1. The van der Waals surface area contributed by atoms with Gasteiger partial charge in [0.1, 0.15) is 6.54 Å². The molecular weight excluding hydrogens is 280 g/mol. The first-order valence-electron chi connectivity index (χ1n) is 7.74. The highest BCUT2D eigenvalue weighted by atomic mass is 16.5. The summed E-state index contributed by atoms with van der Waals surface area (Å²) in [6.07, 6.45) is 2.69. The van der Waals surface area contributed by atoms with Crippen molar-refractivity contribution in [2.24, 2.45) is 0 Å². The number of nitrogens with one attached hydrogen (secondary N) is 1. The molecule has 0 radical (unpaired) electrons. The highest BCUT2D eigenvalue weighted by molar-refractivity contribution is 5.81. The standard InChI is InChI=1S/C17H24N2O3/c1-13-5-7-14(8-6-13)15-4-3-10-19(15)11-9-16(20)18-12-17(21)22-2/h5-8,15H,3-4,9-12H2,1-2H3,(H,18,20)/t15-/m0/s1. The third kappa shape index (κ3) is 4.56. The first-order valence-corrected chi connectivity index (χ1v) is 7.74. The van der Waals surface area contributed by atoms with Crippen LogP contribution in [0.3, 0.4) is 0 Å². The number of rotatable bonds is 6. The first-order chi connectivity index (χ1) is 10.6. The Morgan fingerprint density at radius 3 is 2.73 bits per heavy atom. The van der Waals surface area contributed by atoms with E-state index in [1.165, 1.54) is 18.2 Å². The quantitative estimate of drug-likeness (QED) is 0.814. The molecular formula is C17H24N2O3. The van der Waals surface area contributed by atoms with Crippen molar-refractivity contribution in [1.82, 2.24) is 10.2 Å². The van der Waals surface area contributed by atoms with Crippen LogP contribution in [0.5, 0.6) is 0 Å². The normalized spacial score (nSPS) is 18.2. The van der Waals surface area contributed by atoms with E-state index in [9.17, 15) is 9.59 Å². The van der Waals surface area contributed by atoms with Crippen molar-refractivity contribution in [3.8, 4) is 0 Å². The second-order valence-corrected chi connectivity index (χ2v) is 5.71. The van der Waals surface area contributed by atoms with Crippen molar-refractivity contribution >= 4 is 11.9 Å². The Morgan fingerprint density at radius 2 is 2.05 bits per heavy atom. The van der Waals surface area contributed by atoms with Crippen LogP contribution < -0.4 is 5.32 Å². The number of carbonyl (C=O) groups is 2. The Balaban J connectivity index is 1.82. The summed E-state index contributed by atoms with van der Waals surface area (Å²) >= 11 is 0. The van der Waals surface area contributed by atoms with Crippen molar-refractivity contribution < 1.29 is 14.3 Å². The van der Waals surface area contributed by atoms with E-state index >= 15 is 0 Å². The number of methoxy groups -OCH3 is 1. The summed E-state index contributed by atoms with van der Waals surface area (Å²) in [4.78, 5) is 25.1. The fourth-order valence-corrected chi connectivity index (χ4v) is 2.84. The van der Waals surface area contributed by atoms with E-state index in [0.717, 1.165) is 19.4 Å². The van der Waals surface area contributed by atoms with Crippen molar-refractivity contribution in [3.63, 3.8) is 0 Å². The monoisotopic (exact) mass is 304 g/mol. The molecule has 0 saturated carbocycles. The lowest BCUT2D eigenvalue weighted by molar-refractivity contribution is -0.141. The van der Waals surface area contributed by atoms with Gasteiger partial charge >= 0.3 is 5.97 Å². The zero-order valence-corrected chi connectivity index (χ0v) is 13.3. The summed E-state index contributed by atoms with van der Waals surface area (Å²) in [6, 6.07) is 9.02. The van der Waals surface area contributed by atoms with Gasteiger partial charge in [0, 0.05) is 19.0 Å². The van der Waals surface area contributed by atoms with Crippen LogP contribution in [0.15, 0.2) is 24.3 Å². The van der Waals surface area contributed by atoms with E-state index in [-0.39, 0.29) is 12.5 Å². The summed E-state index contributed by atoms with van der Waals surface area (Å²) in [5, 5.41) is 2.58. The highest BCUT2D eigenvalue weighted by Crippen LogP contribution is 2.31. The second-order valence-electron chi connectivity index (χ2n) is 5.71. The number of carbonyl (C=O) groups excluding carboxylic acids is 2. The molecule has 0 bridgehead atoms. The number of aryl methyl sites for hydroxylation is 1. The molecule has 0 aromatic heterocycles. The number of hydrogen-bond donors (Lipinski definition) is 1. The molecule has 1 aromatic rings. The lowest BCUT2D eigenvalue weighted by Gasteiger charge is -2.24. The summed E-state index contributed by atoms with van der Waals surface area (Å²) in [5.41, 5.74) is 2.58. The van der Waals surface area contributed by atoms with Crippen LogP contribution in [-0.4, -0.2) is 43.5 Å². The predicted molar refractivity (Wildman–Crippen MR) is 84.4 cm³/mol. The molecule has 1 amide bonds. The molecule has 5 heteroatoms. The fourth-order valence-electron chi connectivity index (χ4n) is 2.84. The molecule has 1 fully saturated rings. The summed E-state index contributed by atoms with van der Waals surface area (Å²) in [7, 11) is 1.31. The van der Waals surface area contributed by atoms with Crippen LogP contribution in [0.25, 0.3) is 0 Å². The first kappa shape index (κ1) is 16.5. The molecule has 1 aliphatic rings. The minimum absolute atomic E-state index is 0.0588. The third-order valence-corrected chi connectivity index (χ3v) is 4.11. The maximum atomic E-state index is 11.8. The SMILES string of the molecule is COC(=O)CNC(=O)CCN1CCC[C@H]1c1ccc(C)cc1. The number of likely N-dealkylation sites (tertiary alicyclic amines) is 1. The van der Waals surface area contributed by atoms with Crippen molar-refractivity contribution in [3.05, 3.63) is 35.4 Å². The molecule has 1 aliphatic heterocycles. The topological polar surface area (TPSA) is 58.6 Å². The van der Waals surface area contributed by atoms with Crippen LogP contribution in [0.2, 0.25) is 0 Å². The molecule has 1 N–H and O–H groups in total. The van der Waals surface area contributed by atoms with Gasteiger partial charge in [0.15, 0.2) is 0 Å². The van der Waals surface area contributed by atoms with Gasteiger partial charge in [-0.1, -0.05) is 29.8 Å². The summed E-state index contributed by atoms with van der Waals surface area (Å²) in [5.74, 6) is -0.535. The van der Waals surface area contributed by atoms with E-state index < -0.39 is 5.97 Å². The predicted octanol–water partition coefficient (Wildman–Crippen LogP) is 1.81. The lowest BCUT2D eigenvalue weighted by atomic mass is 10.0. The Morgan fingerprint density at radius 1 is 1.32 bits per heavy atom. The zero-order valence-electron chi connectivity index (χ0n) is 13.3. The van der Waals surface area contributed by atoms with E-state index in [1.54, 1.807) is 0 Å². The Labute approximate surface area is 131 Å². The van der Waals surface area contributed by atoms with Gasteiger partial charge in [-0.2, -0.15) is 0 Å². The number of amides is 1. The number of hydrogen-bond acceptors (Lipinski definition) is 4. The molecule has 0 unspecified atom stereocenters. The molecule has 1 heterocycles. The van der Waals surface area contributed by atoms with Gasteiger partial charge in [-0.05, 0) is 31.9 Å². The van der Waals surface area contributed by atoms with Crippen LogP contribution in [-0.2, 0) is 14.3 Å². The average molecular weight is 304 g/mol. The second kappa shape index (κ2) is 7.94. The molecule has 0 aliphatic carbocycles. The van der Waals surface area contributed by atoms with Gasteiger partial charge < -0.3 is 10.1 Å². The van der Waals surface area contributed by atoms with E-state index in [2.05, 4.69) is 46.1 Å². The fraction of sp³-hybridized carbons (Fsp3) is 0.529.